The van der Waals surface area contributed by atoms with Crippen LogP contribution in [0, 0.1) is 0 Å². The van der Waals surface area contributed by atoms with Crippen molar-refractivity contribution in [2.75, 3.05) is 5.32 Å². The Morgan fingerprint density at radius 2 is 2.00 bits per heavy atom. The van der Waals surface area contributed by atoms with Crippen molar-refractivity contribution in [1.82, 2.24) is 4.57 Å². The number of nitrogens with zero attached hydrogens (tertiary/aromatic N) is 1. The van der Waals surface area contributed by atoms with Gasteiger partial charge in [-0.25, -0.2) is 0 Å². The highest BCUT2D eigenvalue weighted by atomic mass is 15.0. The molecule has 0 fully saturated rings. The zero-order valence-corrected chi connectivity index (χ0v) is 10.8. The highest BCUT2D eigenvalue weighted by molar-refractivity contribution is 5.46. The highest BCUT2D eigenvalue weighted by Gasteiger charge is 2.01. The maximum absolute atomic E-state index is 3.46. The minimum atomic E-state index is 0.576. The van der Waals surface area contributed by atoms with E-state index in [-0.39, 0.29) is 0 Å². The second kappa shape index (κ2) is 5.09. The van der Waals surface area contributed by atoms with E-state index in [1.807, 2.05) is 0 Å². The van der Waals surface area contributed by atoms with Crippen LogP contribution < -0.4 is 5.32 Å². The fraction of sp³-hybridized carbons (Fsp3) is 0.333. The first-order valence-electron chi connectivity index (χ1n) is 6.11. The molecule has 1 heterocycles. The first kappa shape index (κ1) is 11.8. The number of anilines is 1. The molecule has 0 aliphatic carbocycles. The van der Waals surface area contributed by atoms with Crippen LogP contribution in [0.2, 0.25) is 0 Å². The smallest absolute Gasteiger partial charge is 0.0553 e. The largest absolute Gasteiger partial charge is 0.379 e. The van der Waals surface area contributed by atoms with E-state index in [0.717, 1.165) is 6.54 Å². The third kappa shape index (κ3) is 2.90. The van der Waals surface area contributed by atoms with Gasteiger partial charge in [-0.15, -0.1) is 0 Å². The third-order valence-electron chi connectivity index (χ3n) is 3.08. The van der Waals surface area contributed by atoms with Crippen LogP contribution in [0.25, 0.3) is 0 Å². The Kier molecular flexibility index (Phi) is 3.52. The summed E-state index contributed by atoms with van der Waals surface area (Å²) in [6.07, 6.45) is 2.07. The van der Waals surface area contributed by atoms with Crippen LogP contribution in [0.15, 0.2) is 42.6 Å². The Morgan fingerprint density at radius 3 is 2.65 bits per heavy atom. The molecule has 2 nitrogen and oxygen atoms in total. The lowest BCUT2D eigenvalue weighted by atomic mass is 10.0. The van der Waals surface area contributed by atoms with Gasteiger partial charge in [0.25, 0.3) is 0 Å². The van der Waals surface area contributed by atoms with Gasteiger partial charge >= 0.3 is 0 Å². The van der Waals surface area contributed by atoms with E-state index in [4.69, 9.17) is 0 Å². The SMILES string of the molecule is CC(C)c1cccc(NCc2cccn2C)c1. The molecule has 2 heteroatoms. The van der Waals surface area contributed by atoms with Crippen LogP contribution in [-0.4, -0.2) is 4.57 Å². The van der Waals surface area contributed by atoms with Crippen molar-refractivity contribution in [2.45, 2.75) is 26.3 Å². The molecule has 0 saturated carbocycles. The second-order valence-corrected chi connectivity index (χ2v) is 4.74. The van der Waals surface area contributed by atoms with Crippen LogP contribution in [0.1, 0.15) is 31.0 Å². The molecule has 0 aliphatic rings. The molecular weight excluding hydrogens is 208 g/mol. The van der Waals surface area contributed by atoms with Crippen LogP contribution in [0.3, 0.4) is 0 Å². The lowest BCUT2D eigenvalue weighted by Crippen LogP contribution is -2.04. The molecule has 1 aromatic heterocycles. The summed E-state index contributed by atoms with van der Waals surface area (Å²) in [6, 6.07) is 12.9. The Morgan fingerprint density at radius 1 is 1.18 bits per heavy atom. The molecule has 1 N–H and O–H groups in total. The van der Waals surface area contributed by atoms with E-state index in [1.54, 1.807) is 0 Å². The Bertz CT molecular complexity index is 483. The van der Waals surface area contributed by atoms with Gasteiger partial charge in [-0.05, 0) is 35.7 Å². The first-order valence-corrected chi connectivity index (χ1v) is 6.11. The van der Waals surface area contributed by atoms with Crippen molar-refractivity contribution in [3.05, 3.63) is 53.9 Å². The zero-order valence-electron chi connectivity index (χ0n) is 10.8. The summed E-state index contributed by atoms with van der Waals surface area (Å²) in [6.45, 7) is 5.30. The van der Waals surface area contributed by atoms with Gasteiger partial charge in [0.15, 0.2) is 0 Å². The molecule has 2 aromatic rings. The van der Waals surface area contributed by atoms with Crippen LogP contribution in [-0.2, 0) is 13.6 Å². The van der Waals surface area contributed by atoms with Gasteiger partial charge in [0.1, 0.15) is 0 Å². The quantitative estimate of drug-likeness (QED) is 0.843. The summed E-state index contributed by atoms with van der Waals surface area (Å²) >= 11 is 0. The molecule has 0 saturated heterocycles. The van der Waals surface area contributed by atoms with Crippen molar-refractivity contribution < 1.29 is 0 Å². The number of rotatable bonds is 4. The lowest BCUT2D eigenvalue weighted by Gasteiger charge is -2.11. The van der Waals surface area contributed by atoms with E-state index in [0.29, 0.717) is 5.92 Å². The maximum Gasteiger partial charge on any atom is 0.0553 e. The number of hydrogen-bond acceptors (Lipinski definition) is 1. The van der Waals surface area contributed by atoms with Crippen molar-refractivity contribution in [3.8, 4) is 0 Å². The average molecular weight is 228 g/mol. The molecule has 0 unspecified atom stereocenters. The molecular formula is C15H20N2. The highest BCUT2D eigenvalue weighted by Crippen LogP contribution is 2.18. The molecule has 1 aromatic carbocycles. The minimum absolute atomic E-state index is 0.576. The fourth-order valence-corrected chi connectivity index (χ4v) is 1.88. The molecule has 0 bridgehead atoms. The number of aryl methyl sites for hydroxylation is 1. The lowest BCUT2D eigenvalue weighted by molar-refractivity contribution is 0.840. The number of hydrogen-bond donors (Lipinski definition) is 1. The zero-order chi connectivity index (χ0) is 12.3. The third-order valence-corrected chi connectivity index (χ3v) is 3.08. The second-order valence-electron chi connectivity index (χ2n) is 4.74. The number of benzene rings is 1. The maximum atomic E-state index is 3.46. The van der Waals surface area contributed by atoms with Gasteiger partial charge in [0.05, 0.1) is 6.54 Å². The van der Waals surface area contributed by atoms with Crippen LogP contribution in [0.5, 0.6) is 0 Å². The van der Waals surface area contributed by atoms with E-state index in [1.165, 1.54) is 16.9 Å². The van der Waals surface area contributed by atoms with Crippen molar-refractivity contribution in [3.63, 3.8) is 0 Å². The van der Waals surface area contributed by atoms with Crippen LogP contribution in [0.4, 0.5) is 5.69 Å². The normalized spacial score (nSPS) is 10.8. The van der Waals surface area contributed by atoms with E-state index in [2.05, 4.69) is 73.4 Å². The fourth-order valence-electron chi connectivity index (χ4n) is 1.88. The van der Waals surface area contributed by atoms with Crippen molar-refractivity contribution in [2.24, 2.45) is 7.05 Å². The van der Waals surface area contributed by atoms with Crippen molar-refractivity contribution >= 4 is 5.69 Å². The summed E-state index contributed by atoms with van der Waals surface area (Å²) in [5, 5.41) is 3.46. The topological polar surface area (TPSA) is 17.0 Å². The molecule has 0 amide bonds. The Hall–Kier alpha value is -1.70. The van der Waals surface area contributed by atoms with Gasteiger partial charge in [-0.1, -0.05) is 26.0 Å². The minimum Gasteiger partial charge on any atom is -0.379 e. The Labute approximate surface area is 103 Å². The molecule has 0 spiro atoms. The first-order chi connectivity index (χ1) is 8.16. The molecule has 17 heavy (non-hydrogen) atoms. The summed E-state index contributed by atoms with van der Waals surface area (Å²) in [4.78, 5) is 0. The van der Waals surface area contributed by atoms with Gasteiger partial charge in [0, 0.05) is 24.6 Å². The molecule has 0 radical (unpaired) electrons. The summed E-state index contributed by atoms with van der Waals surface area (Å²) in [7, 11) is 2.07. The van der Waals surface area contributed by atoms with Gasteiger partial charge in [-0.2, -0.15) is 0 Å². The summed E-state index contributed by atoms with van der Waals surface area (Å²) in [5.41, 5.74) is 3.86. The average Bonchev–Trinajstić information content (AvgIpc) is 2.72. The molecule has 0 atom stereocenters. The van der Waals surface area contributed by atoms with Gasteiger partial charge in [-0.3, -0.25) is 0 Å². The summed E-state index contributed by atoms with van der Waals surface area (Å²) < 4.78 is 2.14. The molecule has 2 rings (SSSR count). The number of aromatic nitrogens is 1. The standard InChI is InChI=1S/C15H20N2/c1-12(2)13-6-4-7-14(10-13)16-11-15-8-5-9-17(15)3/h4-10,12,16H,11H2,1-3H3. The van der Waals surface area contributed by atoms with E-state index in [9.17, 15) is 0 Å². The molecule has 0 aliphatic heterocycles. The van der Waals surface area contributed by atoms with Crippen LogP contribution >= 0.6 is 0 Å². The van der Waals surface area contributed by atoms with Gasteiger partial charge < -0.3 is 9.88 Å². The monoisotopic (exact) mass is 228 g/mol. The Balaban J connectivity index is 2.04. The predicted molar refractivity (Wildman–Crippen MR) is 73.3 cm³/mol. The van der Waals surface area contributed by atoms with Crippen molar-refractivity contribution in [1.29, 1.82) is 0 Å². The van der Waals surface area contributed by atoms with Gasteiger partial charge in [0.2, 0.25) is 0 Å². The van der Waals surface area contributed by atoms with E-state index >= 15 is 0 Å². The summed E-state index contributed by atoms with van der Waals surface area (Å²) in [5.74, 6) is 0.576. The molecule has 90 valence electrons. The van der Waals surface area contributed by atoms with E-state index < -0.39 is 0 Å². The predicted octanol–water partition coefficient (Wildman–Crippen LogP) is 3.76. The number of nitrogens with one attached hydrogen (secondary N) is 1.